The molecule has 1 aromatic carbocycles. The van der Waals surface area contributed by atoms with E-state index in [1.807, 2.05) is 41.2 Å². The molecule has 0 spiro atoms. The van der Waals surface area contributed by atoms with E-state index >= 15 is 0 Å². The van der Waals surface area contributed by atoms with Crippen molar-refractivity contribution in [3.8, 4) is 0 Å². The van der Waals surface area contributed by atoms with Gasteiger partial charge in [-0.15, -0.1) is 0 Å². The van der Waals surface area contributed by atoms with Gasteiger partial charge in [0.1, 0.15) is 0 Å². The number of nitrogens with two attached hydrogens (primary N) is 1. The van der Waals surface area contributed by atoms with E-state index in [0.29, 0.717) is 32.6 Å². The molecule has 7 nitrogen and oxygen atoms in total. The van der Waals surface area contributed by atoms with Crippen LogP contribution in [0.1, 0.15) is 17.5 Å². The Kier molecular flexibility index (Phi) is 4.79. The highest BCUT2D eigenvalue weighted by molar-refractivity contribution is 5.80. The van der Waals surface area contributed by atoms with Gasteiger partial charge in [-0.3, -0.25) is 9.48 Å². The first-order chi connectivity index (χ1) is 11.6. The highest BCUT2D eigenvalue weighted by atomic mass is 16.2. The third-order valence-corrected chi connectivity index (χ3v) is 4.20. The molecule has 3 amide bonds. The number of hydrogen-bond acceptors (Lipinski definition) is 3. The Morgan fingerprint density at radius 2 is 2.04 bits per heavy atom. The second kappa shape index (κ2) is 7.16. The molecular formula is C17H21N5O2. The molecule has 0 bridgehead atoms. The van der Waals surface area contributed by atoms with Crippen molar-refractivity contribution < 1.29 is 9.59 Å². The number of nitrogens with zero attached hydrogens (tertiary/aromatic N) is 3. The Morgan fingerprint density at radius 1 is 1.25 bits per heavy atom. The van der Waals surface area contributed by atoms with E-state index in [1.54, 1.807) is 11.1 Å². The zero-order chi connectivity index (χ0) is 16.9. The lowest BCUT2D eigenvalue weighted by atomic mass is 10.1. The number of likely N-dealkylation sites (tertiary alicyclic amines) is 1. The van der Waals surface area contributed by atoms with E-state index in [2.05, 4.69) is 10.4 Å². The van der Waals surface area contributed by atoms with Crippen LogP contribution >= 0.6 is 0 Å². The second-order valence-electron chi connectivity index (χ2n) is 6.02. The molecule has 1 atom stereocenters. The van der Waals surface area contributed by atoms with Gasteiger partial charge in [-0.2, -0.15) is 5.10 Å². The number of amides is 3. The summed E-state index contributed by atoms with van der Waals surface area (Å²) in [5.74, 6) is -0.572. The number of rotatable bonds is 5. The number of hydrogen-bond donors (Lipinski definition) is 2. The number of primary amides is 1. The van der Waals surface area contributed by atoms with Crippen LogP contribution in [0.25, 0.3) is 0 Å². The molecule has 126 valence electrons. The Labute approximate surface area is 140 Å². The van der Waals surface area contributed by atoms with Crippen molar-refractivity contribution in [3.63, 3.8) is 0 Å². The van der Waals surface area contributed by atoms with Crippen molar-refractivity contribution in [3.05, 3.63) is 53.9 Å². The summed E-state index contributed by atoms with van der Waals surface area (Å²) in [6.07, 6.45) is 4.31. The smallest absolute Gasteiger partial charge is 0.317 e. The predicted molar refractivity (Wildman–Crippen MR) is 88.9 cm³/mol. The Balaban J connectivity index is 1.49. The van der Waals surface area contributed by atoms with Crippen LogP contribution in [-0.4, -0.2) is 39.7 Å². The van der Waals surface area contributed by atoms with Gasteiger partial charge in [0, 0.05) is 31.4 Å². The number of nitrogens with one attached hydrogen (secondary N) is 1. The maximum absolute atomic E-state index is 12.1. The summed E-state index contributed by atoms with van der Waals surface area (Å²) < 4.78 is 1.84. The Morgan fingerprint density at radius 3 is 2.75 bits per heavy atom. The van der Waals surface area contributed by atoms with E-state index in [0.717, 1.165) is 5.56 Å². The number of carbonyl (C=O) groups excluding carboxylic acids is 2. The average Bonchev–Trinajstić information content (AvgIpc) is 3.23. The molecule has 1 aliphatic heterocycles. The fraction of sp³-hybridized carbons (Fsp3) is 0.353. The summed E-state index contributed by atoms with van der Waals surface area (Å²) >= 11 is 0. The minimum atomic E-state index is -0.340. The van der Waals surface area contributed by atoms with Crippen molar-refractivity contribution in [2.24, 2.45) is 11.7 Å². The molecule has 0 radical (unpaired) electrons. The first-order valence-corrected chi connectivity index (χ1v) is 7.99. The molecule has 7 heteroatoms. The first kappa shape index (κ1) is 16.0. The highest BCUT2D eigenvalue weighted by Gasteiger charge is 2.29. The van der Waals surface area contributed by atoms with Gasteiger partial charge < -0.3 is 16.0 Å². The summed E-state index contributed by atoms with van der Waals surface area (Å²) in [7, 11) is 0. The van der Waals surface area contributed by atoms with Crippen LogP contribution in [0.4, 0.5) is 4.79 Å². The zero-order valence-electron chi connectivity index (χ0n) is 13.4. The van der Waals surface area contributed by atoms with E-state index in [4.69, 9.17) is 5.73 Å². The lowest BCUT2D eigenvalue weighted by Gasteiger charge is -2.16. The summed E-state index contributed by atoms with van der Waals surface area (Å²) in [6.45, 7) is 2.06. The zero-order valence-corrected chi connectivity index (χ0v) is 13.4. The maximum atomic E-state index is 12.1. The fourth-order valence-corrected chi connectivity index (χ4v) is 2.82. The van der Waals surface area contributed by atoms with Crippen molar-refractivity contribution in [2.75, 3.05) is 13.1 Å². The van der Waals surface area contributed by atoms with Gasteiger partial charge >= 0.3 is 6.03 Å². The van der Waals surface area contributed by atoms with Crippen molar-refractivity contribution in [1.82, 2.24) is 20.0 Å². The standard InChI is InChI=1S/C17H21N5O2/c18-16(23)15-6-7-21(12-15)17(24)19-8-14-9-20-22(11-14)10-13-4-2-1-3-5-13/h1-5,9,11,15H,6-8,10,12H2,(H2,18,23)(H,19,24). The summed E-state index contributed by atoms with van der Waals surface area (Å²) in [4.78, 5) is 24.9. The normalized spacial score (nSPS) is 17.0. The average molecular weight is 327 g/mol. The number of urea groups is 1. The van der Waals surface area contributed by atoms with E-state index < -0.39 is 0 Å². The van der Waals surface area contributed by atoms with Gasteiger partial charge in [-0.1, -0.05) is 30.3 Å². The molecular weight excluding hydrogens is 306 g/mol. The maximum Gasteiger partial charge on any atom is 0.317 e. The van der Waals surface area contributed by atoms with E-state index in [-0.39, 0.29) is 17.9 Å². The minimum Gasteiger partial charge on any atom is -0.369 e. The van der Waals surface area contributed by atoms with E-state index in [9.17, 15) is 9.59 Å². The number of benzene rings is 1. The summed E-state index contributed by atoms with van der Waals surface area (Å²) in [5.41, 5.74) is 7.39. The molecule has 1 aliphatic rings. The largest absolute Gasteiger partial charge is 0.369 e. The quantitative estimate of drug-likeness (QED) is 0.856. The number of carbonyl (C=O) groups is 2. The third kappa shape index (κ3) is 3.92. The van der Waals surface area contributed by atoms with Crippen LogP contribution in [0.5, 0.6) is 0 Å². The Hall–Kier alpha value is -2.83. The monoisotopic (exact) mass is 327 g/mol. The highest BCUT2D eigenvalue weighted by Crippen LogP contribution is 2.15. The first-order valence-electron chi connectivity index (χ1n) is 7.99. The fourth-order valence-electron chi connectivity index (χ4n) is 2.82. The van der Waals surface area contributed by atoms with Gasteiger partial charge in [0.25, 0.3) is 0 Å². The molecule has 1 aromatic heterocycles. The molecule has 0 aliphatic carbocycles. The van der Waals surface area contributed by atoms with Crippen LogP contribution in [-0.2, 0) is 17.9 Å². The van der Waals surface area contributed by atoms with Gasteiger partial charge in [-0.05, 0) is 12.0 Å². The topological polar surface area (TPSA) is 93.2 Å². The van der Waals surface area contributed by atoms with Crippen molar-refractivity contribution in [1.29, 1.82) is 0 Å². The molecule has 2 heterocycles. The molecule has 3 N–H and O–H groups in total. The van der Waals surface area contributed by atoms with E-state index in [1.165, 1.54) is 5.56 Å². The lowest BCUT2D eigenvalue weighted by Crippen LogP contribution is -2.39. The van der Waals surface area contributed by atoms with Crippen LogP contribution in [0, 0.1) is 5.92 Å². The van der Waals surface area contributed by atoms with Gasteiger partial charge in [-0.25, -0.2) is 4.79 Å². The molecule has 2 aromatic rings. The predicted octanol–water partition coefficient (Wildman–Crippen LogP) is 0.948. The molecule has 1 saturated heterocycles. The van der Waals surface area contributed by atoms with Gasteiger partial charge in [0.15, 0.2) is 0 Å². The summed E-state index contributed by atoms with van der Waals surface area (Å²) in [5, 5.41) is 7.17. The van der Waals surface area contributed by atoms with Crippen LogP contribution in [0.15, 0.2) is 42.7 Å². The lowest BCUT2D eigenvalue weighted by molar-refractivity contribution is -0.121. The SMILES string of the molecule is NC(=O)C1CCN(C(=O)NCc2cnn(Cc3ccccc3)c2)C1. The second-order valence-corrected chi connectivity index (χ2v) is 6.02. The Bertz CT molecular complexity index is 713. The number of aromatic nitrogens is 2. The molecule has 3 rings (SSSR count). The molecule has 0 saturated carbocycles. The van der Waals surface area contributed by atoms with Crippen LogP contribution in [0.2, 0.25) is 0 Å². The molecule has 1 fully saturated rings. The third-order valence-electron chi connectivity index (χ3n) is 4.20. The molecule has 1 unspecified atom stereocenters. The van der Waals surface area contributed by atoms with Crippen molar-refractivity contribution in [2.45, 2.75) is 19.5 Å². The van der Waals surface area contributed by atoms with Gasteiger partial charge in [0.05, 0.1) is 18.7 Å². The molecule has 24 heavy (non-hydrogen) atoms. The van der Waals surface area contributed by atoms with Crippen LogP contribution in [0.3, 0.4) is 0 Å². The van der Waals surface area contributed by atoms with Gasteiger partial charge in [0.2, 0.25) is 5.91 Å². The van der Waals surface area contributed by atoms with Crippen molar-refractivity contribution >= 4 is 11.9 Å². The summed E-state index contributed by atoms with van der Waals surface area (Å²) in [6, 6.07) is 9.89. The van der Waals surface area contributed by atoms with Crippen LogP contribution < -0.4 is 11.1 Å². The minimum absolute atomic E-state index is 0.172.